The molecule has 0 radical (unpaired) electrons. The summed E-state index contributed by atoms with van der Waals surface area (Å²) in [5.74, 6) is 0. The van der Waals surface area contributed by atoms with Crippen molar-refractivity contribution >= 4 is 10.9 Å². The first-order chi connectivity index (χ1) is 10.2. The Morgan fingerprint density at radius 2 is 2.24 bits per heavy atom. The maximum Gasteiger partial charge on any atom is 0.0702 e. The molecule has 0 saturated carbocycles. The van der Waals surface area contributed by atoms with Gasteiger partial charge >= 0.3 is 0 Å². The largest absolute Gasteiger partial charge is 0.313 e. The Morgan fingerprint density at radius 1 is 1.33 bits per heavy atom. The summed E-state index contributed by atoms with van der Waals surface area (Å²) in [5.41, 5.74) is 2.46. The molecule has 0 bridgehead atoms. The fourth-order valence-electron chi connectivity index (χ4n) is 3.11. The average Bonchev–Trinajstić information content (AvgIpc) is 2.99. The second-order valence-electron chi connectivity index (χ2n) is 6.35. The molecular weight excluding hydrogens is 258 g/mol. The third-order valence-corrected chi connectivity index (χ3v) is 4.40. The summed E-state index contributed by atoms with van der Waals surface area (Å²) in [6.45, 7) is 7.91. The van der Waals surface area contributed by atoms with Crippen molar-refractivity contribution in [2.75, 3.05) is 13.1 Å². The summed E-state index contributed by atoms with van der Waals surface area (Å²) in [4.78, 5) is 6.97. The Hall–Kier alpha value is -1.45. The van der Waals surface area contributed by atoms with Gasteiger partial charge in [-0.05, 0) is 57.0 Å². The van der Waals surface area contributed by atoms with Crippen molar-refractivity contribution in [1.82, 2.24) is 15.2 Å². The number of nitrogens with one attached hydrogen (secondary N) is 1. The molecule has 1 aliphatic heterocycles. The van der Waals surface area contributed by atoms with E-state index in [2.05, 4.69) is 53.3 Å². The van der Waals surface area contributed by atoms with E-state index in [1.807, 2.05) is 12.3 Å². The average molecular weight is 283 g/mol. The highest BCUT2D eigenvalue weighted by Crippen LogP contribution is 2.17. The van der Waals surface area contributed by atoms with Crippen molar-refractivity contribution in [3.05, 3.63) is 42.1 Å². The molecule has 1 unspecified atom stereocenters. The van der Waals surface area contributed by atoms with Crippen molar-refractivity contribution in [3.63, 3.8) is 0 Å². The quantitative estimate of drug-likeness (QED) is 0.913. The second-order valence-corrected chi connectivity index (χ2v) is 6.35. The number of nitrogens with zero attached hydrogens (tertiary/aromatic N) is 2. The second kappa shape index (κ2) is 6.54. The Morgan fingerprint density at radius 3 is 3.00 bits per heavy atom. The predicted molar refractivity (Wildman–Crippen MR) is 88.3 cm³/mol. The van der Waals surface area contributed by atoms with Crippen molar-refractivity contribution < 1.29 is 0 Å². The Balaban J connectivity index is 1.73. The molecule has 21 heavy (non-hydrogen) atoms. The van der Waals surface area contributed by atoms with Gasteiger partial charge in [-0.25, -0.2) is 0 Å². The predicted octanol–water partition coefficient (Wildman–Crippen LogP) is 3.20. The minimum Gasteiger partial charge on any atom is -0.313 e. The van der Waals surface area contributed by atoms with E-state index in [-0.39, 0.29) is 0 Å². The minimum absolute atomic E-state index is 0.567. The third kappa shape index (κ3) is 3.60. The number of pyridine rings is 1. The summed E-state index contributed by atoms with van der Waals surface area (Å²) < 4.78 is 0. The number of fused-ring (bicyclic) bond motifs is 1. The van der Waals surface area contributed by atoms with Crippen LogP contribution in [-0.4, -0.2) is 35.1 Å². The smallest absolute Gasteiger partial charge is 0.0702 e. The summed E-state index contributed by atoms with van der Waals surface area (Å²) >= 11 is 0. The summed E-state index contributed by atoms with van der Waals surface area (Å²) in [6.07, 6.45) is 4.48. The number of rotatable bonds is 5. The van der Waals surface area contributed by atoms with Crippen LogP contribution < -0.4 is 5.32 Å². The normalized spacial score (nSPS) is 19.0. The van der Waals surface area contributed by atoms with Gasteiger partial charge in [0.2, 0.25) is 0 Å². The maximum absolute atomic E-state index is 4.40. The SMILES string of the molecule is CC(C)N(Cc1ccc2ncccc2c1)CC1CCCN1. The molecule has 3 heteroatoms. The van der Waals surface area contributed by atoms with Crippen LogP contribution in [0.2, 0.25) is 0 Å². The lowest BCUT2D eigenvalue weighted by Crippen LogP contribution is -2.40. The van der Waals surface area contributed by atoms with Gasteiger partial charge in [0.15, 0.2) is 0 Å². The molecular formula is C18H25N3. The fourth-order valence-corrected chi connectivity index (χ4v) is 3.11. The lowest BCUT2D eigenvalue weighted by atomic mass is 10.1. The van der Waals surface area contributed by atoms with Crippen LogP contribution in [0.1, 0.15) is 32.3 Å². The zero-order chi connectivity index (χ0) is 14.7. The van der Waals surface area contributed by atoms with Gasteiger partial charge in [0.05, 0.1) is 5.52 Å². The number of hydrogen-bond acceptors (Lipinski definition) is 3. The third-order valence-electron chi connectivity index (χ3n) is 4.40. The standard InChI is InChI=1S/C18H25N3/c1-14(2)21(13-17-6-4-9-19-17)12-15-7-8-18-16(11-15)5-3-10-20-18/h3,5,7-8,10-11,14,17,19H,4,6,9,12-13H2,1-2H3. The molecule has 3 rings (SSSR count). The Bertz CT molecular complexity index is 588. The van der Waals surface area contributed by atoms with E-state index in [1.54, 1.807) is 0 Å². The molecule has 2 heterocycles. The van der Waals surface area contributed by atoms with Crippen LogP contribution in [0.3, 0.4) is 0 Å². The van der Waals surface area contributed by atoms with E-state index in [1.165, 1.54) is 30.3 Å². The van der Waals surface area contributed by atoms with E-state index in [0.29, 0.717) is 12.1 Å². The Kier molecular flexibility index (Phi) is 4.51. The molecule has 3 nitrogen and oxygen atoms in total. The van der Waals surface area contributed by atoms with E-state index in [0.717, 1.165) is 18.6 Å². The maximum atomic E-state index is 4.40. The van der Waals surface area contributed by atoms with E-state index in [4.69, 9.17) is 0 Å². The molecule has 2 aromatic rings. The number of aromatic nitrogens is 1. The zero-order valence-electron chi connectivity index (χ0n) is 13.0. The summed E-state index contributed by atoms with van der Waals surface area (Å²) in [5, 5.41) is 4.84. The highest BCUT2D eigenvalue weighted by atomic mass is 15.2. The molecule has 1 aromatic carbocycles. The molecule has 112 valence electrons. The lowest BCUT2D eigenvalue weighted by molar-refractivity contribution is 0.194. The van der Waals surface area contributed by atoms with Gasteiger partial charge in [0, 0.05) is 36.8 Å². The molecule has 1 saturated heterocycles. The monoisotopic (exact) mass is 283 g/mol. The van der Waals surface area contributed by atoms with Crippen LogP contribution in [-0.2, 0) is 6.54 Å². The fraction of sp³-hybridized carbons (Fsp3) is 0.500. The number of hydrogen-bond donors (Lipinski definition) is 1. The minimum atomic E-state index is 0.567. The van der Waals surface area contributed by atoms with Crippen molar-refractivity contribution in [1.29, 1.82) is 0 Å². The van der Waals surface area contributed by atoms with Gasteiger partial charge in [0.1, 0.15) is 0 Å². The summed E-state index contributed by atoms with van der Waals surface area (Å²) in [6, 6.07) is 12.0. The highest BCUT2D eigenvalue weighted by molar-refractivity contribution is 5.78. The zero-order valence-corrected chi connectivity index (χ0v) is 13.0. The first kappa shape index (κ1) is 14.5. The van der Waals surface area contributed by atoms with Crippen molar-refractivity contribution in [3.8, 4) is 0 Å². The molecule has 1 aliphatic rings. The van der Waals surface area contributed by atoms with Gasteiger partial charge in [-0.3, -0.25) is 9.88 Å². The van der Waals surface area contributed by atoms with Gasteiger partial charge in [-0.15, -0.1) is 0 Å². The van der Waals surface area contributed by atoms with Crippen LogP contribution in [0.15, 0.2) is 36.5 Å². The van der Waals surface area contributed by atoms with E-state index < -0.39 is 0 Å². The molecule has 1 aromatic heterocycles. The molecule has 0 aliphatic carbocycles. The summed E-state index contributed by atoms with van der Waals surface area (Å²) in [7, 11) is 0. The van der Waals surface area contributed by atoms with E-state index >= 15 is 0 Å². The number of benzene rings is 1. The molecule has 1 N–H and O–H groups in total. The molecule has 0 spiro atoms. The van der Waals surface area contributed by atoms with E-state index in [9.17, 15) is 0 Å². The van der Waals surface area contributed by atoms with Crippen LogP contribution in [0.5, 0.6) is 0 Å². The molecule has 1 atom stereocenters. The molecule has 0 amide bonds. The van der Waals surface area contributed by atoms with Crippen LogP contribution >= 0.6 is 0 Å². The van der Waals surface area contributed by atoms with Gasteiger partial charge in [-0.2, -0.15) is 0 Å². The van der Waals surface area contributed by atoms with Crippen LogP contribution in [0, 0.1) is 0 Å². The van der Waals surface area contributed by atoms with Gasteiger partial charge < -0.3 is 5.32 Å². The Labute approximate surface area is 127 Å². The van der Waals surface area contributed by atoms with Gasteiger partial charge in [-0.1, -0.05) is 12.1 Å². The lowest BCUT2D eigenvalue weighted by Gasteiger charge is -2.29. The van der Waals surface area contributed by atoms with Crippen LogP contribution in [0.25, 0.3) is 10.9 Å². The van der Waals surface area contributed by atoms with Crippen molar-refractivity contribution in [2.45, 2.75) is 45.3 Å². The van der Waals surface area contributed by atoms with Crippen LogP contribution in [0.4, 0.5) is 0 Å². The first-order valence-electron chi connectivity index (χ1n) is 8.03. The molecule has 1 fully saturated rings. The topological polar surface area (TPSA) is 28.2 Å². The first-order valence-corrected chi connectivity index (χ1v) is 8.03. The van der Waals surface area contributed by atoms with Crippen molar-refractivity contribution in [2.24, 2.45) is 0 Å². The highest BCUT2D eigenvalue weighted by Gasteiger charge is 2.19. The van der Waals surface area contributed by atoms with Gasteiger partial charge in [0.25, 0.3) is 0 Å².